The molecule has 0 N–H and O–H groups in total. The number of halogens is 3. The maximum Gasteiger partial charge on any atom is 0.412 e. The molecule has 6 heteroatoms. The summed E-state index contributed by atoms with van der Waals surface area (Å²) in [5, 5.41) is 3.81. The van der Waals surface area contributed by atoms with E-state index in [1.54, 1.807) is 25.3 Å². The number of nitrogens with zero attached hydrogens (tertiary/aromatic N) is 3. The Hall–Kier alpha value is -1.85. The summed E-state index contributed by atoms with van der Waals surface area (Å²) in [5.41, 5.74) is -0.114. The second-order valence-corrected chi connectivity index (χ2v) is 3.45. The van der Waals surface area contributed by atoms with Crippen molar-refractivity contribution in [1.82, 2.24) is 14.8 Å². The van der Waals surface area contributed by atoms with Crippen LogP contribution in [-0.2, 0) is 0 Å². The van der Waals surface area contributed by atoms with Crippen molar-refractivity contribution in [1.29, 1.82) is 0 Å². The third kappa shape index (κ3) is 4.67. The van der Waals surface area contributed by atoms with Crippen LogP contribution in [0.15, 0.2) is 42.0 Å². The van der Waals surface area contributed by atoms with Crippen LogP contribution >= 0.6 is 0 Å². The van der Waals surface area contributed by atoms with E-state index in [2.05, 4.69) is 10.1 Å². The first kappa shape index (κ1) is 13.2. The molecule has 0 aliphatic carbocycles. The first-order valence-corrected chi connectivity index (χ1v) is 4.84. The molecule has 0 saturated heterocycles. The van der Waals surface area contributed by atoms with Gasteiger partial charge in [0.15, 0.2) is 0 Å². The third-order valence-corrected chi connectivity index (χ3v) is 1.93. The lowest BCUT2D eigenvalue weighted by Gasteiger charge is -2.05. The zero-order valence-corrected chi connectivity index (χ0v) is 9.44. The van der Waals surface area contributed by atoms with Gasteiger partial charge in [0.2, 0.25) is 0 Å². The maximum absolute atomic E-state index is 12.2. The fourth-order valence-corrected chi connectivity index (χ4v) is 1.05. The molecule has 0 bridgehead atoms. The van der Waals surface area contributed by atoms with Gasteiger partial charge in [0.1, 0.15) is 12.7 Å². The Morgan fingerprint density at radius 1 is 1.29 bits per heavy atom. The molecular formula is C11H12F3N3. The topological polar surface area (TPSA) is 30.7 Å². The molecule has 1 aromatic rings. The molecule has 0 atom stereocenters. The van der Waals surface area contributed by atoms with Gasteiger partial charge < -0.3 is 0 Å². The van der Waals surface area contributed by atoms with Gasteiger partial charge in [-0.15, -0.1) is 0 Å². The van der Waals surface area contributed by atoms with Crippen molar-refractivity contribution in [2.45, 2.75) is 20.0 Å². The highest BCUT2D eigenvalue weighted by molar-refractivity contribution is 5.32. The van der Waals surface area contributed by atoms with E-state index in [0.717, 1.165) is 13.0 Å². The van der Waals surface area contributed by atoms with Crippen molar-refractivity contribution in [2.24, 2.45) is 0 Å². The van der Waals surface area contributed by atoms with Crippen LogP contribution in [0.4, 0.5) is 13.2 Å². The molecule has 0 amide bonds. The summed E-state index contributed by atoms with van der Waals surface area (Å²) in [7, 11) is 0. The van der Waals surface area contributed by atoms with E-state index >= 15 is 0 Å². The van der Waals surface area contributed by atoms with Crippen molar-refractivity contribution in [3.63, 3.8) is 0 Å². The van der Waals surface area contributed by atoms with Gasteiger partial charge in [0.05, 0.1) is 0 Å². The quantitative estimate of drug-likeness (QED) is 0.763. The van der Waals surface area contributed by atoms with Gasteiger partial charge in [-0.05, 0) is 19.9 Å². The lowest BCUT2D eigenvalue weighted by Crippen LogP contribution is -2.08. The van der Waals surface area contributed by atoms with Crippen molar-refractivity contribution < 1.29 is 13.2 Å². The predicted molar refractivity (Wildman–Crippen MR) is 58.9 cm³/mol. The number of alkyl halides is 3. The number of allylic oxidation sites excluding steroid dienone is 5. The highest BCUT2D eigenvalue weighted by Gasteiger charge is 2.29. The molecule has 0 fully saturated rings. The smallest absolute Gasteiger partial charge is 0.228 e. The van der Waals surface area contributed by atoms with Crippen molar-refractivity contribution in [3.05, 3.63) is 42.0 Å². The van der Waals surface area contributed by atoms with Gasteiger partial charge in [0, 0.05) is 11.8 Å². The summed E-state index contributed by atoms with van der Waals surface area (Å²) in [5.74, 6) is 0. The molecular weight excluding hydrogens is 231 g/mol. The van der Waals surface area contributed by atoms with E-state index in [-0.39, 0.29) is 0 Å². The van der Waals surface area contributed by atoms with Crippen LogP contribution in [0, 0.1) is 0 Å². The molecule has 1 aromatic heterocycles. The molecule has 0 radical (unpaired) electrons. The molecule has 0 aromatic carbocycles. The third-order valence-electron chi connectivity index (χ3n) is 1.93. The molecule has 3 nitrogen and oxygen atoms in total. The molecule has 0 unspecified atom stereocenters. The largest absolute Gasteiger partial charge is 0.412 e. The molecule has 0 aliphatic rings. The number of rotatable bonds is 3. The number of aromatic nitrogens is 3. The average Bonchev–Trinajstić information content (AvgIpc) is 2.69. The average molecular weight is 243 g/mol. The molecule has 0 spiro atoms. The van der Waals surface area contributed by atoms with Crippen LogP contribution in [0.1, 0.15) is 13.8 Å². The normalized spacial score (nSPS) is 14.6. The van der Waals surface area contributed by atoms with Gasteiger partial charge in [0.25, 0.3) is 0 Å². The lowest BCUT2D eigenvalue weighted by atomic mass is 10.2. The first-order chi connectivity index (χ1) is 7.89. The fraction of sp³-hybridized carbons (Fsp3) is 0.273. The Bertz CT molecular complexity index is 439. The second kappa shape index (κ2) is 5.47. The number of hydrogen-bond donors (Lipinski definition) is 0. The second-order valence-electron chi connectivity index (χ2n) is 3.45. The van der Waals surface area contributed by atoms with Crippen molar-refractivity contribution >= 4 is 6.20 Å². The summed E-state index contributed by atoms with van der Waals surface area (Å²) >= 11 is 0. The highest BCUT2D eigenvalue weighted by atomic mass is 19.4. The Morgan fingerprint density at radius 2 is 2.00 bits per heavy atom. The Kier molecular flexibility index (Phi) is 4.25. The molecule has 1 heterocycles. The summed E-state index contributed by atoms with van der Waals surface area (Å²) in [4.78, 5) is 3.72. The molecule has 1 rings (SSSR count). The Morgan fingerprint density at radius 3 is 2.53 bits per heavy atom. The molecule has 92 valence electrons. The minimum absolute atomic E-state index is 0.510. The van der Waals surface area contributed by atoms with E-state index in [1.165, 1.54) is 17.3 Å². The molecule has 0 aliphatic heterocycles. The maximum atomic E-state index is 12.2. The molecule has 17 heavy (non-hydrogen) atoms. The van der Waals surface area contributed by atoms with E-state index in [4.69, 9.17) is 0 Å². The summed E-state index contributed by atoms with van der Waals surface area (Å²) < 4.78 is 38.1. The van der Waals surface area contributed by atoms with Gasteiger partial charge in [-0.3, -0.25) is 0 Å². The first-order valence-electron chi connectivity index (χ1n) is 4.84. The lowest BCUT2D eigenvalue weighted by molar-refractivity contribution is -0.0913. The minimum Gasteiger partial charge on any atom is -0.228 e. The van der Waals surface area contributed by atoms with Crippen molar-refractivity contribution in [2.75, 3.05) is 0 Å². The summed E-state index contributed by atoms with van der Waals surface area (Å²) in [6, 6.07) is 0. The van der Waals surface area contributed by atoms with Gasteiger partial charge in [-0.2, -0.15) is 18.3 Å². The van der Waals surface area contributed by atoms with E-state index in [9.17, 15) is 13.2 Å². The predicted octanol–water partition coefficient (Wildman–Crippen LogP) is 3.20. The Labute approximate surface area is 97.0 Å². The standard InChI is InChI=1S/C11H12F3N3/c1-9(6-10(2)11(12,13)14)4-3-5-17-8-15-7-16-17/h3-8H,1-2H3/b5-3+,9-4-,10-6+. The van der Waals surface area contributed by atoms with Gasteiger partial charge >= 0.3 is 6.18 Å². The van der Waals surface area contributed by atoms with E-state index in [1.807, 2.05) is 0 Å². The van der Waals surface area contributed by atoms with Crippen LogP contribution in [0.5, 0.6) is 0 Å². The van der Waals surface area contributed by atoms with E-state index in [0.29, 0.717) is 5.57 Å². The highest BCUT2D eigenvalue weighted by Crippen LogP contribution is 2.25. The van der Waals surface area contributed by atoms with Crippen LogP contribution in [-0.4, -0.2) is 20.9 Å². The summed E-state index contributed by atoms with van der Waals surface area (Å²) in [6.07, 6.45) is 4.43. The summed E-state index contributed by atoms with van der Waals surface area (Å²) in [6.45, 7) is 2.64. The van der Waals surface area contributed by atoms with Crippen LogP contribution in [0.25, 0.3) is 6.20 Å². The monoisotopic (exact) mass is 243 g/mol. The zero-order chi connectivity index (χ0) is 12.9. The van der Waals surface area contributed by atoms with Crippen LogP contribution < -0.4 is 0 Å². The van der Waals surface area contributed by atoms with Crippen molar-refractivity contribution in [3.8, 4) is 0 Å². The van der Waals surface area contributed by atoms with Crippen LogP contribution in [0.2, 0.25) is 0 Å². The number of hydrogen-bond acceptors (Lipinski definition) is 2. The fourth-order valence-electron chi connectivity index (χ4n) is 1.05. The van der Waals surface area contributed by atoms with Crippen LogP contribution in [0.3, 0.4) is 0 Å². The minimum atomic E-state index is -4.27. The van der Waals surface area contributed by atoms with Gasteiger partial charge in [-0.25, -0.2) is 9.67 Å². The SMILES string of the molecule is CC(=C/C=C/n1cncn1)/C=C(\C)C(F)(F)F. The zero-order valence-electron chi connectivity index (χ0n) is 9.44. The Balaban J connectivity index is 2.68. The van der Waals surface area contributed by atoms with Gasteiger partial charge in [-0.1, -0.05) is 17.7 Å². The molecule has 0 saturated carbocycles. The van der Waals surface area contributed by atoms with E-state index < -0.39 is 11.7 Å².